The van der Waals surface area contributed by atoms with Gasteiger partial charge in [0.05, 0.1) is 55.0 Å². The molecule has 0 atom stereocenters. The molecule has 0 aromatic heterocycles. The van der Waals surface area contributed by atoms with Crippen molar-refractivity contribution in [1.29, 1.82) is 21.0 Å². The molecule has 206 valence electrons. The van der Waals surface area contributed by atoms with E-state index in [0.717, 1.165) is 50.3 Å². The Morgan fingerprint density at radius 3 is 0.727 bits per heavy atom. The maximum atomic E-state index is 9.27. The smallest absolute Gasteiger partial charge is 0.0991 e. The van der Waals surface area contributed by atoms with Gasteiger partial charge in [0.2, 0.25) is 0 Å². The summed E-state index contributed by atoms with van der Waals surface area (Å²) >= 11 is 6.78. The van der Waals surface area contributed by atoms with Crippen LogP contribution in [0, 0.1) is 45.3 Å². The Morgan fingerprint density at radius 2 is 0.545 bits per heavy atom. The minimum atomic E-state index is 0.615. The Balaban J connectivity index is 1.32. The maximum absolute atomic E-state index is 9.27. The Morgan fingerprint density at radius 1 is 0.341 bits per heavy atom. The van der Waals surface area contributed by atoms with Gasteiger partial charge in [-0.1, -0.05) is 95.6 Å². The number of allylic oxidation sites excluding steroid dienone is 2. The van der Waals surface area contributed by atoms with Crippen molar-refractivity contribution in [3.63, 3.8) is 0 Å². The summed E-state index contributed by atoms with van der Waals surface area (Å²) in [4.78, 5) is 4.43. The number of benzene rings is 4. The van der Waals surface area contributed by atoms with Crippen LogP contribution >= 0.6 is 47.0 Å². The van der Waals surface area contributed by atoms with Crippen molar-refractivity contribution >= 4 is 66.7 Å². The van der Waals surface area contributed by atoms with Crippen LogP contribution in [-0.4, -0.2) is 0 Å². The zero-order valence-corrected chi connectivity index (χ0v) is 26.1. The van der Waals surface area contributed by atoms with Gasteiger partial charge in [-0.05, 0) is 82.9 Å². The van der Waals surface area contributed by atoms with Crippen molar-refractivity contribution < 1.29 is 0 Å². The van der Waals surface area contributed by atoms with E-state index in [1.54, 1.807) is 47.0 Å². The first kappa shape index (κ1) is 29.3. The van der Waals surface area contributed by atoms with E-state index in [9.17, 15) is 21.0 Å². The molecule has 0 bridgehead atoms. The van der Waals surface area contributed by atoms with Gasteiger partial charge in [-0.2, -0.15) is 21.0 Å². The molecule has 4 nitrogen and oxygen atoms in total. The third-order valence-electron chi connectivity index (χ3n) is 6.68. The summed E-state index contributed by atoms with van der Waals surface area (Å²) in [5.41, 5.74) is 6.61. The second-order valence-corrected chi connectivity index (χ2v) is 14.2. The fraction of sp³-hybridized carbons (Fsp3) is 0. The van der Waals surface area contributed by atoms with Gasteiger partial charge in [-0.25, -0.2) is 0 Å². The molecule has 0 amide bonds. The van der Waals surface area contributed by atoms with Crippen molar-refractivity contribution in [2.24, 2.45) is 0 Å². The summed E-state index contributed by atoms with van der Waals surface area (Å²) in [6, 6.07) is 39.3. The lowest BCUT2D eigenvalue weighted by molar-refractivity contribution is 1.48. The molecule has 0 saturated heterocycles. The molecule has 4 aromatic rings. The highest BCUT2D eigenvalue weighted by Gasteiger charge is 2.26. The zero-order valence-electron chi connectivity index (χ0n) is 22.8. The van der Waals surface area contributed by atoms with Crippen LogP contribution in [0.4, 0.5) is 0 Å². The lowest BCUT2D eigenvalue weighted by Crippen LogP contribution is -1.84. The molecule has 2 aliphatic heterocycles. The van der Waals surface area contributed by atoms with Crippen LogP contribution < -0.4 is 0 Å². The average Bonchev–Trinajstić information content (AvgIpc) is 3.72. The van der Waals surface area contributed by atoms with E-state index < -0.39 is 0 Å². The third kappa shape index (κ3) is 6.27. The summed E-state index contributed by atoms with van der Waals surface area (Å²) in [6.45, 7) is 0. The van der Waals surface area contributed by atoms with E-state index in [-0.39, 0.29) is 0 Å². The highest BCUT2D eigenvalue weighted by molar-refractivity contribution is 8.35. The molecule has 0 unspecified atom stereocenters. The standard InChI is InChI=1S/C36H18N4S4/c37-19-23-1-9-27(10-2-23)33-34(28-11-3-24(20-38)4-12-28)42-31(41-33)17-18-32-43-35(29-13-5-25(21-39)6-14-29)36(44-32)30-15-7-26(22-40)8-16-30/h1-18H. The molecular weight excluding hydrogens is 617 g/mol. The van der Waals surface area contributed by atoms with Gasteiger partial charge in [-0.15, -0.1) is 0 Å². The van der Waals surface area contributed by atoms with Crippen molar-refractivity contribution in [2.75, 3.05) is 0 Å². The molecule has 4 aromatic carbocycles. The summed E-state index contributed by atoms with van der Waals surface area (Å²) in [5, 5.41) is 37.1. The molecule has 8 heteroatoms. The van der Waals surface area contributed by atoms with E-state index in [4.69, 9.17) is 0 Å². The Hall–Kier alpha value is -4.80. The Labute approximate surface area is 272 Å². The highest BCUT2D eigenvalue weighted by atomic mass is 32.2. The number of hydrogen-bond acceptors (Lipinski definition) is 8. The number of nitriles is 4. The molecule has 0 N–H and O–H groups in total. The lowest BCUT2D eigenvalue weighted by atomic mass is 10.1. The van der Waals surface area contributed by atoms with Crippen LogP contribution in [-0.2, 0) is 0 Å². The van der Waals surface area contributed by atoms with Gasteiger partial charge < -0.3 is 0 Å². The number of thioether (sulfide) groups is 4. The topological polar surface area (TPSA) is 95.2 Å². The van der Waals surface area contributed by atoms with E-state index in [0.29, 0.717) is 22.3 Å². The summed E-state index contributed by atoms with van der Waals surface area (Å²) in [7, 11) is 0. The van der Waals surface area contributed by atoms with Crippen LogP contribution in [0.1, 0.15) is 44.5 Å². The van der Waals surface area contributed by atoms with E-state index in [2.05, 4.69) is 36.4 Å². The van der Waals surface area contributed by atoms with E-state index in [1.165, 1.54) is 0 Å². The van der Waals surface area contributed by atoms with Gasteiger partial charge in [0.1, 0.15) is 0 Å². The second-order valence-electron chi connectivity index (χ2n) is 9.45. The van der Waals surface area contributed by atoms with Crippen molar-refractivity contribution in [3.05, 3.63) is 162 Å². The monoisotopic (exact) mass is 634 g/mol. The Bertz CT molecular complexity index is 1760. The fourth-order valence-corrected chi connectivity index (χ4v) is 9.49. The van der Waals surface area contributed by atoms with Crippen LogP contribution in [0.5, 0.6) is 0 Å². The largest absolute Gasteiger partial charge is 0.192 e. The van der Waals surface area contributed by atoms with Crippen molar-refractivity contribution in [1.82, 2.24) is 0 Å². The molecule has 0 fully saturated rings. The summed E-state index contributed by atoms with van der Waals surface area (Å²) < 4.78 is 2.23. The molecule has 44 heavy (non-hydrogen) atoms. The molecule has 0 spiro atoms. The van der Waals surface area contributed by atoms with Gasteiger partial charge in [0, 0.05) is 19.6 Å². The zero-order chi connectivity index (χ0) is 30.5. The van der Waals surface area contributed by atoms with Gasteiger partial charge in [0.25, 0.3) is 0 Å². The maximum Gasteiger partial charge on any atom is 0.0991 e. The third-order valence-corrected chi connectivity index (χ3v) is 11.9. The first-order chi connectivity index (χ1) is 21.6. The molecular formula is C36H18N4S4. The molecule has 6 rings (SSSR count). The summed E-state index contributed by atoms with van der Waals surface area (Å²) in [5.74, 6) is 0. The van der Waals surface area contributed by atoms with Crippen LogP contribution in [0.25, 0.3) is 19.6 Å². The lowest BCUT2D eigenvalue weighted by Gasteiger charge is -2.06. The predicted molar refractivity (Wildman–Crippen MR) is 185 cm³/mol. The van der Waals surface area contributed by atoms with E-state index in [1.807, 2.05) is 97.1 Å². The van der Waals surface area contributed by atoms with Crippen LogP contribution in [0.3, 0.4) is 0 Å². The minimum Gasteiger partial charge on any atom is -0.192 e. The SMILES string of the molecule is N#Cc1ccc(C2=C(c3ccc(C#N)cc3)SC(=CC=C3SC(c4ccc(C#N)cc4)=C(c4ccc(C#N)cc4)S3)S2)cc1. The average molecular weight is 635 g/mol. The molecule has 0 radical (unpaired) electrons. The van der Waals surface area contributed by atoms with Gasteiger partial charge in [-0.3, -0.25) is 0 Å². The van der Waals surface area contributed by atoms with E-state index >= 15 is 0 Å². The van der Waals surface area contributed by atoms with Gasteiger partial charge >= 0.3 is 0 Å². The predicted octanol–water partition coefficient (Wildman–Crippen LogP) is 10.2. The van der Waals surface area contributed by atoms with Crippen molar-refractivity contribution in [3.8, 4) is 24.3 Å². The van der Waals surface area contributed by atoms with Crippen LogP contribution in [0.2, 0.25) is 0 Å². The minimum absolute atomic E-state index is 0.615. The molecule has 2 heterocycles. The molecule has 0 aliphatic carbocycles. The summed E-state index contributed by atoms with van der Waals surface area (Å²) in [6.07, 6.45) is 4.28. The van der Waals surface area contributed by atoms with Crippen molar-refractivity contribution in [2.45, 2.75) is 0 Å². The Kier molecular flexibility index (Phi) is 8.81. The second kappa shape index (κ2) is 13.2. The highest BCUT2D eigenvalue weighted by Crippen LogP contribution is 2.59. The number of nitrogens with zero attached hydrogens (tertiary/aromatic N) is 4. The number of hydrogen-bond donors (Lipinski definition) is 0. The normalized spacial score (nSPS) is 14.1. The number of rotatable bonds is 5. The fourth-order valence-electron chi connectivity index (χ4n) is 4.45. The quantitative estimate of drug-likeness (QED) is 0.214. The first-order valence-corrected chi connectivity index (χ1v) is 16.5. The molecule has 2 aliphatic rings. The van der Waals surface area contributed by atoms with Crippen LogP contribution in [0.15, 0.2) is 118 Å². The van der Waals surface area contributed by atoms with Gasteiger partial charge in [0.15, 0.2) is 0 Å². The first-order valence-electron chi connectivity index (χ1n) is 13.2. The molecule has 0 saturated carbocycles.